The van der Waals surface area contributed by atoms with E-state index < -0.39 is 59.1 Å². The van der Waals surface area contributed by atoms with Gasteiger partial charge in [0.1, 0.15) is 24.9 Å². The van der Waals surface area contributed by atoms with E-state index in [4.69, 9.17) is 10.6 Å². The van der Waals surface area contributed by atoms with E-state index in [-0.39, 0.29) is 23.7 Å². The van der Waals surface area contributed by atoms with Crippen molar-refractivity contribution in [3.05, 3.63) is 35.9 Å². The highest BCUT2D eigenvalue weighted by molar-refractivity contribution is 6.37. The van der Waals surface area contributed by atoms with Crippen LogP contribution in [-0.2, 0) is 24.0 Å². The Morgan fingerprint density at radius 3 is 2.11 bits per heavy atom. The second-order valence-electron chi connectivity index (χ2n) is 14.3. The van der Waals surface area contributed by atoms with Crippen LogP contribution in [0.5, 0.6) is 0 Å². The molecule has 1 aliphatic heterocycles. The third-order valence-electron chi connectivity index (χ3n) is 8.89. The first-order valence-electron chi connectivity index (χ1n) is 16.2. The highest BCUT2D eigenvalue weighted by Crippen LogP contribution is 2.35. The number of hydrogen-bond donors (Lipinski definition) is 4. The monoisotopic (exact) mass is 640 g/mol. The number of amides is 5. The lowest BCUT2D eigenvalue weighted by Crippen LogP contribution is -2.62. The fraction of sp³-hybridized carbons (Fsp3) is 0.647. The number of likely N-dealkylation sites (tertiary alicyclic amines) is 1. The van der Waals surface area contributed by atoms with Crippen molar-refractivity contribution in [2.24, 2.45) is 40.0 Å². The smallest absolute Gasteiger partial charge is 0.316 e. The van der Waals surface area contributed by atoms with Gasteiger partial charge in [0.25, 0.3) is 5.91 Å². The summed E-state index contributed by atoms with van der Waals surface area (Å²) in [5, 5.41) is 12.9. The van der Waals surface area contributed by atoms with Crippen molar-refractivity contribution < 1.29 is 28.8 Å². The standard InChI is InChI=1S/C34H52N6O6/c1-19(2)23-16-17-40(27(23)31(43)36-24(18-21-14-15-21)28(41)30(35)42)32(44)29(34(5,6)7)38-33(45)37-25(20(3)4)26(39-46-8)22-12-10-9-11-13-22/h9-13,19-21,23-25,27,29H,14-18H2,1-8H3,(H2,35,42)(H,36,43)(H2,37,38,45)/b39-26-/t23?,24?,25-,27-,29+/m0/s1. The molecule has 1 heterocycles. The topological polar surface area (TPSA) is 172 Å². The Kier molecular flexibility index (Phi) is 12.3. The maximum Gasteiger partial charge on any atom is 0.316 e. The Morgan fingerprint density at radius 1 is 0.978 bits per heavy atom. The Balaban J connectivity index is 1.86. The number of carbonyl (C=O) groups excluding carboxylic acids is 5. The highest BCUT2D eigenvalue weighted by atomic mass is 16.6. The van der Waals surface area contributed by atoms with Crippen LogP contribution in [-0.4, -0.2) is 78.0 Å². The highest BCUT2D eigenvalue weighted by Gasteiger charge is 2.48. The van der Waals surface area contributed by atoms with E-state index in [2.05, 4.69) is 21.1 Å². The van der Waals surface area contributed by atoms with Crippen LogP contribution < -0.4 is 21.7 Å². The molecule has 1 aromatic carbocycles. The first kappa shape index (κ1) is 36.5. The lowest BCUT2D eigenvalue weighted by atomic mass is 9.84. The van der Waals surface area contributed by atoms with E-state index in [9.17, 15) is 24.0 Å². The molecular weight excluding hydrogens is 588 g/mol. The van der Waals surface area contributed by atoms with Gasteiger partial charge >= 0.3 is 6.03 Å². The van der Waals surface area contributed by atoms with Gasteiger partial charge in [-0.1, -0.05) is 96.8 Å². The molecule has 0 radical (unpaired) electrons. The average Bonchev–Trinajstić information content (AvgIpc) is 3.69. The Labute approximate surface area is 272 Å². The van der Waals surface area contributed by atoms with Gasteiger partial charge in [-0.05, 0) is 41.9 Å². The molecule has 2 unspecified atom stereocenters. The van der Waals surface area contributed by atoms with Crippen molar-refractivity contribution in [1.82, 2.24) is 20.9 Å². The van der Waals surface area contributed by atoms with Gasteiger partial charge in [-0.25, -0.2) is 4.79 Å². The molecule has 0 aromatic heterocycles. The Bertz CT molecular complexity index is 1290. The minimum atomic E-state index is -1.10. The molecule has 12 heteroatoms. The zero-order valence-electron chi connectivity index (χ0n) is 28.5. The Morgan fingerprint density at radius 2 is 1.61 bits per heavy atom. The van der Waals surface area contributed by atoms with Gasteiger partial charge in [0.15, 0.2) is 0 Å². The molecule has 3 rings (SSSR count). The number of carbonyl (C=O) groups is 5. The van der Waals surface area contributed by atoms with Gasteiger partial charge in [-0.15, -0.1) is 0 Å². The summed E-state index contributed by atoms with van der Waals surface area (Å²) >= 11 is 0. The van der Waals surface area contributed by atoms with Gasteiger partial charge in [0, 0.05) is 12.1 Å². The maximum atomic E-state index is 14.3. The van der Waals surface area contributed by atoms with Crippen LogP contribution in [0.25, 0.3) is 0 Å². The second-order valence-corrected chi connectivity index (χ2v) is 14.3. The van der Waals surface area contributed by atoms with E-state index in [1.54, 1.807) is 0 Å². The summed E-state index contributed by atoms with van der Waals surface area (Å²) < 4.78 is 0. The first-order chi connectivity index (χ1) is 21.6. The van der Waals surface area contributed by atoms with Crippen LogP contribution in [0.4, 0.5) is 4.79 Å². The van der Waals surface area contributed by atoms with Crippen LogP contribution in [0.2, 0.25) is 0 Å². The molecule has 5 amide bonds. The van der Waals surface area contributed by atoms with Crippen molar-refractivity contribution in [2.75, 3.05) is 13.7 Å². The number of nitrogens with two attached hydrogens (primary N) is 1. The van der Waals surface area contributed by atoms with E-state index in [0.29, 0.717) is 25.1 Å². The van der Waals surface area contributed by atoms with Crippen molar-refractivity contribution >= 4 is 35.2 Å². The van der Waals surface area contributed by atoms with Gasteiger partial charge in [0.05, 0.1) is 12.1 Å². The lowest BCUT2D eigenvalue weighted by Gasteiger charge is -2.37. The summed E-state index contributed by atoms with van der Waals surface area (Å²) in [5.41, 5.74) is 5.90. The van der Waals surface area contributed by atoms with Crippen molar-refractivity contribution in [3.8, 4) is 0 Å². The summed E-state index contributed by atoms with van der Waals surface area (Å²) in [6.07, 6.45) is 2.75. The van der Waals surface area contributed by atoms with Crippen LogP contribution in [0.3, 0.4) is 0 Å². The van der Waals surface area contributed by atoms with Crippen molar-refractivity contribution in [3.63, 3.8) is 0 Å². The molecule has 1 aromatic rings. The van der Waals surface area contributed by atoms with E-state index in [0.717, 1.165) is 18.4 Å². The van der Waals surface area contributed by atoms with Gasteiger partial charge in [-0.2, -0.15) is 0 Å². The van der Waals surface area contributed by atoms with Crippen molar-refractivity contribution in [2.45, 2.75) is 98.3 Å². The molecule has 254 valence electrons. The number of nitrogens with one attached hydrogen (secondary N) is 3. The molecule has 5 atom stereocenters. The number of hydrogen-bond acceptors (Lipinski definition) is 7. The first-order valence-corrected chi connectivity index (χ1v) is 16.2. The summed E-state index contributed by atoms with van der Waals surface area (Å²) in [6.45, 7) is 13.7. The van der Waals surface area contributed by atoms with Crippen LogP contribution in [0, 0.1) is 29.1 Å². The predicted octanol–water partition coefficient (Wildman–Crippen LogP) is 2.99. The van der Waals surface area contributed by atoms with Gasteiger partial charge in [-0.3, -0.25) is 19.2 Å². The average molecular weight is 641 g/mol. The van der Waals surface area contributed by atoms with Gasteiger partial charge < -0.3 is 31.4 Å². The molecule has 2 fully saturated rings. The molecular formula is C34H52N6O6. The quantitative estimate of drug-likeness (QED) is 0.138. The fourth-order valence-corrected chi connectivity index (χ4v) is 6.12. The number of ketones is 1. The largest absolute Gasteiger partial charge is 0.399 e. The molecule has 2 aliphatic rings. The van der Waals surface area contributed by atoms with Crippen LogP contribution >= 0.6 is 0 Å². The van der Waals surface area contributed by atoms with Gasteiger partial charge in [0.2, 0.25) is 17.6 Å². The number of urea groups is 1. The molecule has 1 saturated heterocycles. The zero-order chi connectivity index (χ0) is 34.3. The summed E-state index contributed by atoms with van der Waals surface area (Å²) in [7, 11) is 1.44. The fourth-order valence-electron chi connectivity index (χ4n) is 6.12. The predicted molar refractivity (Wildman–Crippen MR) is 175 cm³/mol. The minimum Gasteiger partial charge on any atom is -0.399 e. The molecule has 0 spiro atoms. The van der Waals surface area contributed by atoms with Crippen LogP contribution in [0.1, 0.15) is 79.7 Å². The van der Waals surface area contributed by atoms with E-state index >= 15 is 0 Å². The van der Waals surface area contributed by atoms with E-state index in [1.165, 1.54) is 12.0 Å². The summed E-state index contributed by atoms with van der Waals surface area (Å²) in [4.78, 5) is 72.8. The number of rotatable bonds is 14. The normalized spacial score (nSPS) is 20.6. The summed E-state index contributed by atoms with van der Waals surface area (Å²) in [6, 6.07) is 5.37. The van der Waals surface area contributed by atoms with Crippen LogP contribution in [0.15, 0.2) is 35.5 Å². The molecule has 5 N–H and O–H groups in total. The SMILES string of the molecule is CO/N=C(/c1ccccc1)[C@@H](NC(=O)N[C@H](C(=O)N1CCC(C(C)C)[C@H]1C(=O)NC(CC1CC1)C(=O)C(N)=O)C(C)(C)C)C(C)C. The molecule has 0 bridgehead atoms. The number of nitrogens with zero attached hydrogens (tertiary/aromatic N) is 2. The van der Waals surface area contributed by atoms with Crippen molar-refractivity contribution in [1.29, 1.82) is 0 Å². The molecule has 12 nitrogen and oxygen atoms in total. The molecule has 46 heavy (non-hydrogen) atoms. The molecule has 1 saturated carbocycles. The lowest BCUT2D eigenvalue weighted by molar-refractivity contribution is -0.144. The van der Waals surface area contributed by atoms with E-state index in [1.807, 2.05) is 78.8 Å². The Hall–Kier alpha value is -3.96. The minimum absolute atomic E-state index is 0.0508. The number of benzene rings is 1. The molecule has 1 aliphatic carbocycles. The number of Topliss-reactive ketones (excluding diaryl/α,β-unsaturated/α-hetero) is 1. The second kappa shape index (κ2) is 15.6. The maximum absolute atomic E-state index is 14.3. The zero-order valence-corrected chi connectivity index (χ0v) is 28.5. The third-order valence-corrected chi connectivity index (χ3v) is 8.89. The number of primary amides is 1. The number of oxime groups is 1. The summed E-state index contributed by atoms with van der Waals surface area (Å²) in [5.74, 6) is -2.80. The third kappa shape index (κ3) is 9.29.